The summed E-state index contributed by atoms with van der Waals surface area (Å²) >= 11 is 0. The van der Waals surface area contributed by atoms with E-state index in [-0.39, 0.29) is 0 Å². The third-order valence-electron chi connectivity index (χ3n) is 12.1. The maximum atomic E-state index is 2.75. The fourth-order valence-electron chi connectivity index (χ4n) is 10.5. The van der Waals surface area contributed by atoms with Crippen LogP contribution in [0.15, 0.2) is 22.3 Å². The second kappa shape index (κ2) is 7.75. The first-order valence-corrected chi connectivity index (χ1v) is 15.2. The summed E-state index contributed by atoms with van der Waals surface area (Å²) < 4.78 is 0. The minimum Gasteiger partial charge on any atom is -0.358 e. The van der Waals surface area contributed by atoms with Crippen molar-refractivity contribution < 1.29 is 0 Å². The zero-order valence-electron chi connectivity index (χ0n) is 24.3. The lowest BCUT2D eigenvalue weighted by Crippen LogP contribution is -2.57. The molecule has 1 aromatic rings. The van der Waals surface area contributed by atoms with Crippen molar-refractivity contribution >= 4 is 5.69 Å². The van der Waals surface area contributed by atoms with Crippen LogP contribution in [0.25, 0.3) is 0 Å². The number of rotatable bonds is 3. The van der Waals surface area contributed by atoms with Crippen LogP contribution in [0.4, 0.5) is 5.69 Å². The standard InChI is InChI=1S/C34H48N2/c1-10-17(4)26-27(18(5)11-16(2)3)31-24-12-23(30(26)31)32-28-20(7)25-14-35-15-36(13-19(6)22(35)9)34(25)21(8)29(28)33(24)32/h16,19,22-24,30-33H,10-15H2,1-9H3/b26-17+,27-18+. The van der Waals surface area contributed by atoms with Gasteiger partial charge in [-0.1, -0.05) is 38.8 Å². The number of benzene rings is 1. The van der Waals surface area contributed by atoms with Crippen molar-refractivity contribution in [3.63, 3.8) is 0 Å². The van der Waals surface area contributed by atoms with Crippen molar-refractivity contribution in [3.8, 4) is 0 Å². The molecule has 0 aromatic heterocycles. The van der Waals surface area contributed by atoms with E-state index in [4.69, 9.17) is 0 Å². The van der Waals surface area contributed by atoms with Crippen LogP contribution in [0.5, 0.6) is 0 Å². The van der Waals surface area contributed by atoms with Gasteiger partial charge in [-0.05, 0) is 140 Å². The van der Waals surface area contributed by atoms with Gasteiger partial charge in [-0.2, -0.15) is 0 Å². The van der Waals surface area contributed by atoms with Gasteiger partial charge in [-0.3, -0.25) is 4.90 Å². The van der Waals surface area contributed by atoms with Crippen LogP contribution in [0.1, 0.15) is 107 Å². The number of fused-ring (bicyclic) bond motifs is 15. The molecule has 0 radical (unpaired) electrons. The van der Waals surface area contributed by atoms with Gasteiger partial charge >= 0.3 is 0 Å². The van der Waals surface area contributed by atoms with E-state index in [0.717, 1.165) is 60.6 Å². The molecule has 7 rings (SSSR count). The lowest BCUT2D eigenvalue weighted by atomic mass is 9.46. The zero-order valence-corrected chi connectivity index (χ0v) is 24.3. The van der Waals surface area contributed by atoms with E-state index in [2.05, 4.69) is 72.1 Å². The van der Waals surface area contributed by atoms with Crippen molar-refractivity contribution in [1.29, 1.82) is 0 Å². The van der Waals surface area contributed by atoms with Crippen LogP contribution >= 0.6 is 0 Å². The van der Waals surface area contributed by atoms with Gasteiger partial charge in [0.1, 0.15) is 0 Å². The van der Waals surface area contributed by atoms with E-state index >= 15 is 0 Å². The Hall–Kier alpha value is -1.54. The highest BCUT2D eigenvalue weighted by atomic mass is 15.4. The summed E-state index contributed by atoms with van der Waals surface area (Å²) in [6.07, 6.45) is 3.97. The maximum absolute atomic E-state index is 2.75. The van der Waals surface area contributed by atoms with Crippen molar-refractivity contribution in [2.24, 2.45) is 35.5 Å². The molecule has 3 saturated carbocycles. The van der Waals surface area contributed by atoms with Crippen LogP contribution in [-0.2, 0) is 6.54 Å². The van der Waals surface area contributed by atoms with Crippen molar-refractivity contribution in [1.82, 2.24) is 4.90 Å². The number of hydrogen-bond donors (Lipinski definition) is 0. The van der Waals surface area contributed by atoms with Crippen molar-refractivity contribution in [2.75, 3.05) is 18.1 Å². The monoisotopic (exact) mass is 484 g/mol. The van der Waals surface area contributed by atoms with E-state index in [0.29, 0.717) is 6.04 Å². The largest absolute Gasteiger partial charge is 0.358 e. The lowest BCUT2D eigenvalue weighted by molar-refractivity contribution is 0.110. The molecular formula is C34H48N2. The van der Waals surface area contributed by atoms with E-state index in [9.17, 15) is 0 Å². The summed E-state index contributed by atoms with van der Waals surface area (Å²) in [6, 6.07) is 0.690. The number of anilines is 1. The Morgan fingerprint density at radius 2 is 1.50 bits per heavy atom. The first kappa shape index (κ1) is 23.6. The second-order valence-corrected chi connectivity index (χ2v) is 14.2. The third-order valence-corrected chi connectivity index (χ3v) is 12.1. The van der Waals surface area contributed by atoms with Crippen molar-refractivity contribution in [3.05, 3.63) is 50.1 Å². The zero-order chi connectivity index (χ0) is 25.4. The second-order valence-electron chi connectivity index (χ2n) is 14.2. The third kappa shape index (κ3) is 2.73. The normalized spacial score (nSPS) is 41.8. The molecule has 1 aromatic carbocycles. The number of hydrogen-bond acceptors (Lipinski definition) is 2. The Labute approximate surface area is 220 Å². The summed E-state index contributed by atoms with van der Waals surface area (Å²) in [7, 11) is 0. The van der Waals surface area contributed by atoms with Crippen molar-refractivity contribution in [2.45, 2.75) is 106 Å². The molecule has 2 heteroatoms. The van der Waals surface area contributed by atoms with Gasteiger partial charge in [0.25, 0.3) is 0 Å². The van der Waals surface area contributed by atoms with Gasteiger partial charge in [-0.15, -0.1) is 0 Å². The Kier molecular flexibility index (Phi) is 5.07. The fraction of sp³-hybridized carbons (Fsp3) is 0.706. The molecular weight excluding hydrogens is 436 g/mol. The topological polar surface area (TPSA) is 6.48 Å². The smallest absolute Gasteiger partial charge is 0.0712 e. The molecule has 9 atom stereocenters. The Morgan fingerprint density at radius 3 is 2.11 bits per heavy atom. The first-order chi connectivity index (χ1) is 17.1. The van der Waals surface area contributed by atoms with E-state index in [1.165, 1.54) is 25.8 Å². The summed E-state index contributed by atoms with van der Waals surface area (Å²) in [5.74, 6) is 6.65. The van der Waals surface area contributed by atoms with Crippen LogP contribution in [0.2, 0.25) is 0 Å². The fourth-order valence-corrected chi connectivity index (χ4v) is 10.5. The van der Waals surface area contributed by atoms with Gasteiger partial charge in [0.2, 0.25) is 0 Å². The molecule has 4 bridgehead atoms. The number of nitrogens with zero attached hydrogens (tertiary/aromatic N) is 2. The molecule has 9 unspecified atom stereocenters. The Balaban J connectivity index is 1.33. The SMILES string of the molecule is CC/C(C)=C1\C(=C(\C)CC(C)C)C2C3CC(C12)C1c2c(C)c4c(c(C)c2C31)N1CC(C)C(C)N(C4)C1. The summed E-state index contributed by atoms with van der Waals surface area (Å²) in [6.45, 7) is 25.5. The average Bonchev–Trinajstić information content (AvgIpc) is 3.23. The molecule has 1 saturated heterocycles. The highest BCUT2D eigenvalue weighted by Crippen LogP contribution is 2.79. The molecule has 36 heavy (non-hydrogen) atoms. The van der Waals surface area contributed by atoms with E-state index in [1.807, 2.05) is 22.3 Å². The minimum absolute atomic E-state index is 0.690. The van der Waals surface area contributed by atoms with Gasteiger partial charge in [0.05, 0.1) is 6.67 Å². The van der Waals surface area contributed by atoms with Crippen LogP contribution < -0.4 is 4.90 Å². The summed E-state index contributed by atoms with van der Waals surface area (Å²) in [5.41, 5.74) is 17.3. The van der Waals surface area contributed by atoms with E-state index in [1.54, 1.807) is 33.5 Å². The molecule has 4 aliphatic carbocycles. The average molecular weight is 485 g/mol. The molecule has 0 N–H and O–H groups in total. The molecule has 2 aliphatic heterocycles. The Morgan fingerprint density at radius 1 is 0.889 bits per heavy atom. The summed E-state index contributed by atoms with van der Waals surface area (Å²) in [4.78, 5) is 5.50. The lowest BCUT2D eigenvalue weighted by Gasteiger charge is -2.59. The predicted octanol–water partition coefficient (Wildman–Crippen LogP) is 8.09. The van der Waals surface area contributed by atoms with Gasteiger partial charge in [0.15, 0.2) is 0 Å². The summed E-state index contributed by atoms with van der Waals surface area (Å²) in [5, 5.41) is 0. The van der Waals surface area contributed by atoms with Crippen LogP contribution in [0, 0.1) is 49.4 Å². The predicted molar refractivity (Wildman–Crippen MR) is 152 cm³/mol. The molecule has 194 valence electrons. The first-order valence-electron chi connectivity index (χ1n) is 15.2. The Bertz CT molecular complexity index is 1210. The number of allylic oxidation sites excluding steroid dienone is 4. The van der Waals surface area contributed by atoms with Gasteiger partial charge in [0, 0.05) is 24.8 Å². The highest BCUT2D eigenvalue weighted by Gasteiger charge is 2.69. The molecule has 0 amide bonds. The molecule has 0 spiro atoms. The molecule has 6 aliphatic rings. The quantitative estimate of drug-likeness (QED) is 0.400. The highest BCUT2D eigenvalue weighted by molar-refractivity contribution is 5.74. The van der Waals surface area contributed by atoms with Crippen LogP contribution in [0.3, 0.4) is 0 Å². The molecule has 2 heterocycles. The van der Waals surface area contributed by atoms with Crippen LogP contribution in [-0.4, -0.2) is 24.2 Å². The maximum Gasteiger partial charge on any atom is 0.0712 e. The minimum atomic E-state index is 0.690. The molecule has 2 nitrogen and oxygen atoms in total. The van der Waals surface area contributed by atoms with Gasteiger partial charge in [-0.25, -0.2) is 0 Å². The molecule has 4 fully saturated rings. The van der Waals surface area contributed by atoms with Gasteiger partial charge < -0.3 is 4.90 Å². The van der Waals surface area contributed by atoms with E-state index < -0.39 is 0 Å².